The van der Waals surface area contributed by atoms with Crippen molar-refractivity contribution in [1.82, 2.24) is 0 Å². The van der Waals surface area contributed by atoms with Crippen molar-refractivity contribution in [3.05, 3.63) is 23.8 Å². The first-order chi connectivity index (χ1) is 14.5. The minimum absolute atomic E-state index is 0.131. The summed E-state index contributed by atoms with van der Waals surface area (Å²) in [5.74, 6) is -1.48. The summed E-state index contributed by atoms with van der Waals surface area (Å²) in [6.07, 6.45) is 6.19. The Morgan fingerprint density at radius 1 is 1.26 bits per heavy atom. The Bertz CT molecular complexity index is 789. The maximum absolute atomic E-state index is 15.1. The summed E-state index contributed by atoms with van der Waals surface area (Å²) in [5.41, 5.74) is -2.92. The monoisotopic (exact) mass is 436 g/mol. The smallest absolute Gasteiger partial charge is 0.190 e. The lowest BCUT2D eigenvalue weighted by Crippen LogP contribution is -2.62. The summed E-state index contributed by atoms with van der Waals surface area (Å²) in [6.45, 7) is 7.28. The molecule has 0 aromatic rings. The molecule has 0 aromatic carbocycles. The number of carbonyl (C=O) groups is 2. The summed E-state index contributed by atoms with van der Waals surface area (Å²) in [4.78, 5) is 24.1. The van der Waals surface area contributed by atoms with E-state index < -0.39 is 41.1 Å². The van der Waals surface area contributed by atoms with Crippen molar-refractivity contribution in [2.75, 3.05) is 6.61 Å². The van der Waals surface area contributed by atoms with Gasteiger partial charge in [0.2, 0.25) is 0 Å². The van der Waals surface area contributed by atoms with Crippen molar-refractivity contribution in [2.24, 2.45) is 28.6 Å². The van der Waals surface area contributed by atoms with Crippen LogP contribution in [0.15, 0.2) is 23.8 Å². The number of carbonyl (C=O) groups excluding carboxylic acids is 2. The van der Waals surface area contributed by atoms with Gasteiger partial charge in [0.1, 0.15) is 18.4 Å². The van der Waals surface area contributed by atoms with Crippen molar-refractivity contribution >= 4 is 11.6 Å². The SMILES string of the molecule is CCCC.C[C@]12C=CC(=O)C=C1[C@@H](F)C[C@@H]1[C@@H]2[C@@H](O)C[C@@]2(C)[C@H]1CC[C@]2(O)C(=O)CO. The number of rotatable bonds is 3. The van der Waals surface area contributed by atoms with Crippen LogP contribution in [0.3, 0.4) is 0 Å². The van der Waals surface area contributed by atoms with Gasteiger partial charge in [0.25, 0.3) is 0 Å². The maximum Gasteiger partial charge on any atom is 0.190 e. The standard InChI is InChI=1S/C21H27FO5.C4H10/c1-19-5-3-11(24)7-14(19)15(22)8-12-13-4-6-21(27,17(26)10-23)20(13,2)9-16(25)18(12)19;1-3-4-2/h3,5,7,12-13,15-16,18,23,25,27H,4,6,8-10H2,1-2H3;3-4H2,1-2H3/t12-,13-,15-,16-,18+,19-,20-,21-;/m0./s1. The van der Waals surface area contributed by atoms with Crippen molar-refractivity contribution in [2.45, 2.75) is 84.1 Å². The molecule has 4 aliphatic carbocycles. The Morgan fingerprint density at radius 3 is 2.48 bits per heavy atom. The van der Waals surface area contributed by atoms with E-state index in [1.165, 1.54) is 25.0 Å². The highest BCUT2D eigenvalue weighted by atomic mass is 19.1. The van der Waals surface area contributed by atoms with Gasteiger partial charge in [-0.1, -0.05) is 46.6 Å². The van der Waals surface area contributed by atoms with Gasteiger partial charge in [-0.25, -0.2) is 4.39 Å². The number of alkyl halides is 1. The van der Waals surface area contributed by atoms with E-state index in [0.717, 1.165) is 0 Å². The summed E-state index contributed by atoms with van der Waals surface area (Å²) in [6, 6.07) is 0. The Labute approximate surface area is 184 Å². The van der Waals surface area contributed by atoms with Gasteiger partial charge in [-0.3, -0.25) is 9.59 Å². The third kappa shape index (κ3) is 3.55. The first kappa shape index (κ1) is 24.3. The van der Waals surface area contributed by atoms with E-state index in [1.54, 1.807) is 13.0 Å². The molecule has 0 spiro atoms. The Hall–Kier alpha value is -1.37. The summed E-state index contributed by atoms with van der Waals surface area (Å²) < 4.78 is 15.1. The van der Waals surface area contributed by atoms with Gasteiger partial charge in [0.15, 0.2) is 11.6 Å². The van der Waals surface area contributed by atoms with Gasteiger partial charge in [-0.15, -0.1) is 0 Å². The van der Waals surface area contributed by atoms with Crippen molar-refractivity contribution < 1.29 is 29.3 Å². The molecule has 0 radical (unpaired) electrons. The highest BCUT2D eigenvalue weighted by Gasteiger charge is 2.68. The molecule has 0 aliphatic heterocycles. The second-order valence-electron chi connectivity index (χ2n) is 10.3. The van der Waals surface area contributed by atoms with Crippen LogP contribution < -0.4 is 0 Å². The molecular weight excluding hydrogens is 399 g/mol. The molecule has 6 heteroatoms. The third-order valence-electron chi connectivity index (χ3n) is 8.73. The first-order valence-corrected chi connectivity index (χ1v) is 11.6. The van der Waals surface area contributed by atoms with Gasteiger partial charge in [0, 0.05) is 16.7 Å². The van der Waals surface area contributed by atoms with E-state index in [4.69, 9.17) is 0 Å². The van der Waals surface area contributed by atoms with Crippen LogP contribution >= 0.6 is 0 Å². The second-order valence-corrected chi connectivity index (χ2v) is 10.3. The molecule has 4 rings (SSSR count). The second kappa shape index (κ2) is 8.53. The van der Waals surface area contributed by atoms with Crippen molar-refractivity contribution in [3.8, 4) is 0 Å². The van der Waals surface area contributed by atoms with Crippen LogP contribution in [0, 0.1) is 28.6 Å². The van der Waals surface area contributed by atoms with Gasteiger partial charge in [-0.2, -0.15) is 0 Å². The van der Waals surface area contributed by atoms with Crippen molar-refractivity contribution in [1.29, 1.82) is 0 Å². The molecule has 31 heavy (non-hydrogen) atoms. The minimum Gasteiger partial charge on any atom is -0.393 e. The van der Waals surface area contributed by atoms with Crippen LogP contribution in [0.5, 0.6) is 0 Å². The van der Waals surface area contributed by atoms with Crippen LogP contribution in [0.2, 0.25) is 0 Å². The fourth-order valence-corrected chi connectivity index (χ4v) is 6.93. The number of allylic oxidation sites excluding steroid dienone is 4. The van der Waals surface area contributed by atoms with E-state index >= 15 is 4.39 Å². The van der Waals surface area contributed by atoms with E-state index in [2.05, 4.69) is 13.8 Å². The maximum atomic E-state index is 15.1. The lowest BCUT2D eigenvalue weighted by atomic mass is 9.46. The lowest BCUT2D eigenvalue weighted by molar-refractivity contribution is -0.180. The molecule has 0 aromatic heterocycles. The molecule has 4 aliphatic rings. The molecule has 0 heterocycles. The molecule has 5 nitrogen and oxygen atoms in total. The molecule has 0 amide bonds. The number of unbranched alkanes of at least 4 members (excludes halogenated alkanes) is 1. The highest BCUT2D eigenvalue weighted by molar-refractivity contribution is 6.01. The molecular formula is C25H37FO5. The number of halogens is 1. The molecule has 3 fully saturated rings. The number of hydrogen-bond acceptors (Lipinski definition) is 5. The Kier molecular flexibility index (Phi) is 6.68. The predicted octanol–water partition coefficient (Wildman–Crippen LogP) is 3.31. The predicted molar refractivity (Wildman–Crippen MR) is 116 cm³/mol. The zero-order valence-electron chi connectivity index (χ0n) is 19.1. The number of ketones is 2. The third-order valence-corrected chi connectivity index (χ3v) is 8.73. The van der Waals surface area contributed by atoms with E-state index in [1.807, 2.05) is 6.92 Å². The molecule has 174 valence electrons. The van der Waals surface area contributed by atoms with Gasteiger partial charge in [0.05, 0.1) is 6.10 Å². The van der Waals surface area contributed by atoms with Gasteiger partial charge in [-0.05, 0) is 55.2 Å². The fourth-order valence-electron chi connectivity index (χ4n) is 6.93. The molecule has 8 atom stereocenters. The molecule has 3 saturated carbocycles. The zero-order valence-corrected chi connectivity index (χ0v) is 19.1. The normalized spacial score (nSPS) is 45.6. The zero-order chi connectivity index (χ0) is 23.2. The molecule has 3 N–H and O–H groups in total. The number of hydrogen-bond donors (Lipinski definition) is 3. The number of aliphatic hydroxyl groups excluding tert-OH is 2. The molecule has 0 bridgehead atoms. The Morgan fingerprint density at radius 2 is 1.90 bits per heavy atom. The topological polar surface area (TPSA) is 94.8 Å². The summed E-state index contributed by atoms with van der Waals surface area (Å²) in [7, 11) is 0. The van der Waals surface area contributed by atoms with Crippen LogP contribution in [-0.2, 0) is 9.59 Å². The highest BCUT2D eigenvalue weighted by Crippen LogP contribution is 2.67. The van der Waals surface area contributed by atoms with E-state index in [0.29, 0.717) is 12.0 Å². The van der Waals surface area contributed by atoms with Crippen LogP contribution in [0.25, 0.3) is 0 Å². The largest absolute Gasteiger partial charge is 0.393 e. The first-order valence-electron chi connectivity index (χ1n) is 11.6. The molecule has 0 saturated heterocycles. The van der Waals surface area contributed by atoms with E-state index in [9.17, 15) is 24.9 Å². The number of Topliss-reactive ketones (excluding diaryl/α,β-unsaturated/α-hetero) is 1. The lowest BCUT2D eigenvalue weighted by Gasteiger charge is -2.60. The summed E-state index contributed by atoms with van der Waals surface area (Å²) in [5, 5.41) is 31.6. The Balaban J connectivity index is 0.000000628. The average molecular weight is 437 g/mol. The van der Waals surface area contributed by atoms with Gasteiger partial charge < -0.3 is 15.3 Å². The van der Waals surface area contributed by atoms with Crippen LogP contribution in [0.4, 0.5) is 4.39 Å². The number of aliphatic hydroxyl groups is 3. The summed E-state index contributed by atoms with van der Waals surface area (Å²) >= 11 is 0. The van der Waals surface area contributed by atoms with Gasteiger partial charge >= 0.3 is 0 Å². The van der Waals surface area contributed by atoms with E-state index in [-0.39, 0.29) is 42.8 Å². The average Bonchev–Trinajstić information content (AvgIpc) is 3.00. The minimum atomic E-state index is -1.69. The van der Waals surface area contributed by atoms with Crippen LogP contribution in [0.1, 0.15) is 66.2 Å². The van der Waals surface area contributed by atoms with Crippen molar-refractivity contribution in [3.63, 3.8) is 0 Å². The quantitative estimate of drug-likeness (QED) is 0.631. The molecule has 0 unspecified atom stereocenters. The fraction of sp³-hybridized carbons (Fsp3) is 0.760. The number of fused-ring (bicyclic) bond motifs is 5. The van der Waals surface area contributed by atoms with Crippen LogP contribution in [-0.4, -0.2) is 51.4 Å².